The normalized spacial score (nSPS) is 16.6. The third-order valence-corrected chi connectivity index (χ3v) is 7.13. The summed E-state index contributed by atoms with van der Waals surface area (Å²) in [7, 11) is 0. The molecule has 0 radical (unpaired) electrons. The van der Waals surface area contributed by atoms with Crippen molar-refractivity contribution in [2.45, 2.75) is 26.1 Å². The number of aromatic nitrogens is 1. The zero-order valence-electron chi connectivity index (χ0n) is 20.2. The number of ether oxygens (including phenoxy) is 1. The van der Waals surface area contributed by atoms with Crippen molar-refractivity contribution >= 4 is 50.7 Å². The Balaban J connectivity index is 1.46. The van der Waals surface area contributed by atoms with Crippen LogP contribution in [0.15, 0.2) is 76.9 Å². The van der Waals surface area contributed by atoms with Crippen LogP contribution in [-0.4, -0.2) is 44.3 Å². The van der Waals surface area contributed by atoms with Crippen molar-refractivity contribution in [1.29, 1.82) is 5.41 Å². The monoisotopic (exact) mass is 537 g/mol. The van der Waals surface area contributed by atoms with Crippen LogP contribution in [0, 0.1) is 12.3 Å². The van der Waals surface area contributed by atoms with Crippen LogP contribution >= 0.6 is 11.8 Å². The highest BCUT2D eigenvalue weighted by Gasteiger charge is 2.46. The van der Waals surface area contributed by atoms with Gasteiger partial charge < -0.3 is 9.30 Å². The van der Waals surface area contributed by atoms with E-state index in [0.717, 1.165) is 32.9 Å². The molecule has 38 heavy (non-hydrogen) atoms. The molecule has 0 aliphatic carbocycles. The van der Waals surface area contributed by atoms with Crippen LogP contribution in [0.1, 0.15) is 16.8 Å². The first kappa shape index (κ1) is 25.5. The Kier molecular flexibility index (Phi) is 6.70. The molecule has 0 saturated carbocycles. The van der Waals surface area contributed by atoms with Gasteiger partial charge in [-0.2, -0.15) is 28.3 Å². The van der Waals surface area contributed by atoms with Crippen LogP contribution in [0.4, 0.5) is 13.2 Å². The lowest BCUT2D eigenvalue weighted by molar-refractivity contribution is -0.114. The van der Waals surface area contributed by atoms with Gasteiger partial charge in [-0.3, -0.25) is 10.2 Å². The summed E-state index contributed by atoms with van der Waals surface area (Å²) in [4.78, 5) is 16.5. The van der Waals surface area contributed by atoms with Gasteiger partial charge in [-0.15, -0.1) is 6.58 Å². The van der Waals surface area contributed by atoms with E-state index in [-0.39, 0.29) is 22.5 Å². The smallest absolute Gasteiger partial charge is 0.441 e. The zero-order valence-corrected chi connectivity index (χ0v) is 21.1. The molecule has 0 atom stereocenters. The minimum absolute atomic E-state index is 0.137. The van der Waals surface area contributed by atoms with Gasteiger partial charge in [0.2, 0.25) is 10.2 Å². The third kappa shape index (κ3) is 4.65. The largest absolute Gasteiger partial charge is 0.491 e. The van der Waals surface area contributed by atoms with Crippen molar-refractivity contribution in [2.75, 3.05) is 6.61 Å². The summed E-state index contributed by atoms with van der Waals surface area (Å²) in [6.07, 6.45) is -0.687. The number of nitrogens with zero attached hydrogens (tertiary/aromatic N) is 4. The zero-order chi connectivity index (χ0) is 27.0. The van der Waals surface area contributed by atoms with Gasteiger partial charge in [0.1, 0.15) is 12.4 Å². The highest BCUT2D eigenvalue weighted by Crippen LogP contribution is 2.36. The van der Waals surface area contributed by atoms with Crippen molar-refractivity contribution in [3.63, 3.8) is 0 Å². The van der Waals surface area contributed by atoms with E-state index in [0.29, 0.717) is 25.1 Å². The fourth-order valence-electron chi connectivity index (χ4n) is 4.39. The molecule has 1 amide bonds. The van der Waals surface area contributed by atoms with Crippen molar-refractivity contribution < 1.29 is 22.7 Å². The number of para-hydroxylation sites is 2. The number of amides is 1. The van der Waals surface area contributed by atoms with Gasteiger partial charge in [0.25, 0.3) is 5.91 Å². The first-order valence-corrected chi connectivity index (χ1v) is 12.5. The van der Waals surface area contributed by atoms with Gasteiger partial charge in [0, 0.05) is 22.2 Å². The molecule has 11 heteroatoms. The van der Waals surface area contributed by atoms with Crippen LogP contribution in [0.25, 0.3) is 17.0 Å². The van der Waals surface area contributed by atoms with Crippen molar-refractivity contribution in [2.24, 2.45) is 10.1 Å². The lowest BCUT2D eigenvalue weighted by Gasteiger charge is -2.20. The molecule has 2 aliphatic rings. The number of allylic oxidation sites excluding steroid dienone is 1. The Labute approximate surface area is 220 Å². The number of thioether (sulfide) groups is 1. The second kappa shape index (κ2) is 9.97. The minimum Gasteiger partial charge on any atom is -0.491 e. The number of hydrogen-bond acceptors (Lipinski definition) is 5. The molecular weight excluding hydrogens is 515 g/mol. The summed E-state index contributed by atoms with van der Waals surface area (Å²) in [5.41, 5.74) is 3.28. The number of nitrogens with one attached hydrogen (secondary N) is 1. The number of amidine groups is 2. The van der Waals surface area contributed by atoms with E-state index < -0.39 is 23.0 Å². The molecule has 1 aromatic heterocycles. The molecule has 2 aromatic carbocycles. The van der Waals surface area contributed by atoms with Gasteiger partial charge in [-0.1, -0.05) is 42.5 Å². The second-order valence-electron chi connectivity index (χ2n) is 8.54. The van der Waals surface area contributed by atoms with E-state index >= 15 is 0 Å². The summed E-state index contributed by atoms with van der Waals surface area (Å²) < 4.78 is 47.6. The average Bonchev–Trinajstić information content (AvgIpc) is 3.43. The number of carbonyl (C=O) groups is 1. The number of hydrazone groups is 1. The maximum Gasteiger partial charge on any atom is 0.441 e. The first-order valence-electron chi connectivity index (χ1n) is 11.7. The number of halogens is 3. The van der Waals surface area contributed by atoms with Crippen LogP contribution in [0.5, 0.6) is 5.75 Å². The Morgan fingerprint density at radius 2 is 1.89 bits per heavy atom. The Morgan fingerprint density at radius 1 is 1.16 bits per heavy atom. The summed E-state index contributed by atoms with van der Waals surface area (Å²) in [6.45, 7) is 6.56. The summed E-state index contributed by atoms with van der Waals surface area (Å²) in [5.74, 6) is -0.461. The van der Waals surface area contributed by atoms with Gasteiger partial charge >= 0.3 is 6.18 Å². The number of rotatable bonds is 7. The predicted octanol–water partition coefficient (Wildman–Crippen LogP) is 5.94. The van der Waals surface area contributed by atoms with Crippen molar-refractivity contribution in [3.05, 3.63) is 83.6 Å². The molecular formula is C27H22F3N5O2S. The maximum atomic E-state index is 13.1. The molecule has 1 N–H and O–H groups in total. The van der Waals surface area contributed by atoms with E-state index in [2.05, 4.69) is 21.2 Å². The molecule has 5 rings (SSSR count). The molecule has 0 fully saturated rings. The number of aliphatic imine (C=N–C) groups is 1. The summed E-state index contributed by atoms with van der Waals surface area (Å²) >= 11 is 0.227. The SMILES string of the molecule is C=CCc1ccccc1OCCn1c(C)c(C=C2C(=N)N3N=C(C(F)(F)F)SC3=NC2=O)c2ccccc21. The van der Waals surface area contributed by atoms with Crippen LogP contribution in [-0.2, 0) is 17.8 Å². The van der Waals surface area contributed by atoms with E-state index in [9.17, 15) is 18.0 Å². The van der Waals surface area contributed by atoms with E-state index in [4.69, 9.17) is 10.1 Å². The molecule has 0 spiro atoms. The average molecular weight is 538 g/mol. The second-order valence-corrected chi connectivity index (χ2v) is 9.50. The van der Waals surface area contributed by atoms with Gasteiger partial charge in [0.15, 0.2) is 5.84 Å². The maximum absolute atomic E-state index is 13.1. The summed E-state index contributed by atoms with van der Waals surface area (Å²) in [5, 5.41) is 12.0. The van der Waals surface area contributed by atoms with Crippen LogP contribution < -0.4 is 4.74 Å². The van der Waals surface area contributed by atoms with Gasteiger partial charge in [-0.05, 0) is 48.9 Å². The first-order chi connectivity index (χ1) is 18.2. The molecule has 3 heterocycles. The number of carbonyl (C=O) groups excluding carboxylic acids is 1. The van der Waals surface area contributed by atoms with E-state index in [1.807, 2.05) is 61.5 Å². The Bertz CT molecular complexity index is 1570. The fraction of sp³-hybridized carbons (Fsp3) is 0.185. The molecule has 2 aliphatic heterocycles. The molecule has 0 saturated heterocycles. The number of hydrogen-bond donors (Lipinski definition) is 1. The third-order valence-electron chi connectivity index (χ3n) is 6.17. The highest BCUT2D eigenvalue weighted by molar-refractivity contribution is 8.27. The minimum atomic E-state index is -4.70. The Hall–Kier alpha value is -4.12. The molecule has 3 aromatic rings. The van der Waals surface area contributed by atoms with Crippen molar-refractivity contribution in [3.8, 4) is 5.75 Å². The van der Waals surface area contributed by atoms with E-state index in [1.54, 1.807) is 0 Å². The number of alkyl halides is 3. The number of fused-ring (bicyclic) bond motifs is 2. The van der Waals surface area contributed by atoms with Gasteiger partial charge in [0.05, 0.1) is 12.1 Å². The van der Waals surface area contributed by atoms with Crippen LogP contribution in [0.3, 0.4) is 0 Å². The Morgan fingerprint density at radius 3 is 2.66 bits per heavy atom. The molecule has 0 bridgehead atoms. The van der Waals surface area contributed by atoms with Crippen molar-refractivity contribution in [1.82, 2.24) is 9.58 Å². The van der Waals surface area contributed by atoms with Crippen LogP contribution in [0.2, 0.25) is 0 Å². The lowest BCUT2D eigenvalue weighted by atomic mass is 10.1. The number of benzene rings is 2. The van der Waals surface area contributed by atoms with Gasteiger partial charge in [-0.25, -0.2) is 0 Å². The predicted molar refractivity (Wildman–Crippen MR) is 144 cm³/mol. The molecule has 7 nitrogen and oxygen atoms in total. The van der Waals surface area contributed by atoms with E-state index in [1.165, 1.54) is 6.08 Å². The highest BCUT2D eigenvalue weighted by atomic mass is 32.2. The fourth-order valence-corrected chi connectivity index (χ4v) is 5.15. The molecule has 194 valence electrons. The molecule has 0 unspecified atom stereocenters. The summed E-state index contributed by atoms with van der Waals surface area (Å²) in [6, 6.07) is 15.3. The quantitative estimate of drug-likeness (QED) is 0.299. The standard InChI is InChI=1S/C27H22F3N5O2S/c1-3-8-17-9-4-7-12-22(17)37-14-13-34-16(2)19(18-10-5-6-11-21(18)34)15-20-23(31)35-26(32-24(20)36)38-25(33-35)27(28,29)30/h3-7,9-12,15,31H,1,8,13-14H2,2H3. The lowest BCUT2D eigenvalue weighted by Crippen LogP contribution is -2.35. The topological polar surface area (TPSA) is 83.0 Å².